The van der Waals surface area contributed by atoms with Gasteiger partial charge in [-0.05, 0) is 19.7 Å². The molecule has 4 heteroatoms. The average Bonchev–Trinajstić information content (AvgIpc) is 1.79. The third-order valence-corrected chi connectivity index (χ3v) is 0.844. The van der Waals surface area contributed by atoms with E-state index in [1.807, 2.05) is 0 Å². The van der Waals surface area contributed by atoms with Crippen molar-refractivity contribution in [2.45, 2.75) is 13.1 Å². The zero-order valence-corrected chi connectivity index (χ0v) is 6.07. The quantitative estimate of drug-likeness (QED) is 0.438. The topological polar surface area (TPSA) is 12.4 Å². The summed E-state index contributed by atoms with van der Waals surface area (Å²) in [5, 5.41) is 0. The van der Waals surface area contributed by atoms with E-state index in [4.69, 9.17) is 0 Å². The molecule has 0 aromatic heterocycles. The Hall–Kier alpha value is -1.06. The largest absolute Gasteiger partial charge is 0.433 e. The molecule has 0 heterocycles. The van der Waals surface area contributed by atoms with Crippen molar-refractivity contribution in [1.29, 1.82) is 0 Å². The van der Waals surface area contributed by atoms with Gasteiger partial charge in [-0.3, -0.25) is 4.99 Å². The summed E-state index contributed by atoms with van der Waals surface area (Å²) in [7, 11) is 0. The summed E-state index contributed by atoms with van der Waals surface area (Å²) in [6.07, 6.45) is -3.59. The molecule has 0 aliphatic rings. The van der Waals surface area contributed by atoms with Gasteiger partial charge in [0.25, 0.3) is 0 Å². The first-order chi connectivity index (χ1) is 4.88. The highest BCUT2D eigenvalue weighted by Crippen LogP contribution is 2.26. The molecule has 0 N–H and O–H groups in total. The van der Waals surface area contributed by atoms with Crippen LogP contribution in [0.5, 0.6) is 0 Å². The van der Waals surface area contributed by atoms with Crippen molar-refractivity contribution >= 4 is 6.72 Å². The predicted molar refractivity (Wildman–Crippen MR) is 38.5 cm³/mol. The lowest BCUT2D eigenvalue weighted by Gasteiger charge is -2.05. The molecule has 0 aromatic rings. The highest BCUT2D eigenvalue weighted by molar-refractivity contribution is 5.33. The van der Waals surface area contributed by atoms with Crippen LogP contribution in [0.25, 0.3) is 0 Å². The lowest BCUT2D eigenvalue weighted by Crippen LogP contribution is -2.09. The Morgan fingerprint density at radius 3 is 2.00 bits per heavy atom. The Bertz CT molecular complexity index is 200. The summed E-state index contributed by atoms with van der Waals surface area (Å²) in [6, 6.07) is 0. The molecule has 0 amide bonds. The third kappa shape index (κ3) is 3.60. The Morgan fingerprint density at radius 1 is 1.45 bits per heavy atom. The number of hydrogen-bond donors (Lipinski definition) is 0. The van der Waals surface area contributed by atoms with Crippen LogP contribution in [0.3, 0.4) is 0 Å². The Kier molecular flexibility index (Phi) is 3.04. The van der Waals surface area contributed by atoms with Crippen LogP contribution in [0.4, 0.5) is 13.2 Å². The van der Waals surface area contributed by atoms with E-state index < -0.39 is 11.9 Å². The Balaban J connectivity index is 4.68. The van der Waals surface area contributed by atoms with Gasteiger partial charge in [0.2, 0.25) is 0 Å². The van der Waals surface area contributed by atoms with E-state index in [1.165, 1.54) is 6.92 Å². The Morgan fingerprint density at radius 2 is 1.91 bits per heavy atom. The molecule has 0 rings (SSSR count). The fraction of sp³-hybridized carbons (Fsp3) is 0.286. The number of halogens is 3. The van der Waals surface area contributed by atoms with Crippen LogP contribution in [0.15, 0.2) is 28.9 Å². The summed E-state index contributed by atoms with van der Waals surface area (Å²) >= 11 is 0. The van der Waals surface area contributed by atoms with Crippen LogP contribution in [0.2, 0.25) is 0 Å². The monoisotopic (exact) mass is 163 g/mol. The van der Waals surface area contributed by atoms with Crippen LogP contribution in [0, 0.1) is 0 Å². The first-order valence-electron chi connectivity index (χ1n) is 2.79. The van der Waals surface area contributed by atoms with E-state index in [0.717, 1.165) is 6.08 Å². The fourth-order valence-corrected chi connectivity index (χ4v) is 0.451. The van der Waals surface area contributed by atoms with Gasteiger partial charge in [-0.1, -0.05) is 12.2 Å². The molecule has 0 spiro atoms. The van der Waals surface area contributed by atoms with Crippen molar-refractivity contribution in [3.8, 4) is 0 Å². The molecule has 0 radical (unpaired) electrons. The maximum Gasteiger partial charge on any atom is 0.433 e. The van der Waals surface area contributed by atoms with Gasteiger partial charge in [-0.2, -0.15) is 13.2 Å². The second-order valence-corrected chi connectivity index (χ2v) is 2.03. The second kappa shape index (κ2) is 3.37. The van der Waals surface area contributed by atoms with Crippen LogP contribution in [-0.4, -0.2) is 12.9 Å². The average molecular weight is 163 g/mol. The van der Waals surface area contributed by atoms with Crippen LogP contribution < -0.4 is 0 Å². The van der Waals surface area contributed by atoms with Crippen molar-refractivity contribution in [3.63, 3.8) is 0 Å². The number of hydrogen-bond acceptors (Lipinski definition) is 1. The molecule has 0 aliphatic heterocycles. The minimum absolute atomic E-state index is 0.296. The first-order valence-corrected chi connectivity index (χ1v) is 2.79. The van der Waals surface area contributed by atoms with Gasteiger partial charge in [0.1, 0.15) is 5.70 Å². The summed E-state index contributed by atoms with van der Waals surface area (Å²) in [5.74, 6) is 0. The third-order valence-electron chi connectivity index (χ3n) is 0.844. The van der Waals surface area contributed by atoms with Crippen molar-refractivity contribution < 1.29 is 13.2 Å². The highest BCUT2D eigenvalue weighted by Gasteiger charge is 2.32. The second-order valence-electron chi connectivity index (χ2n) is 2.03. The van der Waals surface area contributed by atoms with Crippen LogP contribution >= 0.6 is 0 Å². The molecular formula is C7H8F3N. The smallest absolute Gasteiger partial charge is 0.260 e. The Labute approximate surface area is 62.9 Å². The number of aliphatic imine (C=N–C) groups is 1. The molecule has 1 nitrogen and oxygen atoms in total. The predicted octanol–water partition coefficient (Wildman–Crippen LogP) is 2.71. The summed E-state index contributed by atoms with van der Waals surface area (Å²) < 4.78 is 35.5. The minimum atomic E-state index is -4.43. The van der Waals surface area contributed by atoms with E-state index in [0.29, 0.717) is 5.57 Å². The van der Waals surface area contributed by atoms with E-state index in [1.54, 1.807) is 0 Å². The molecule has 0 atom stereocenters. The molecule has 0 saturated heterocycles. The fourth-order valence-electron chi connectivity index (χ4n) is 0.451. The van der Waals surface area contributed by atoms with E-state index in [9.17, 15) is 13.2 Å². The van der Waals surface area contributed by atoms with Gasteiger partial charge in [0.15, 0.2) is 0 Å². The summed E-state index contributed by atoms with van der Waals surface area (Å²) in [4.78, 5) is 2.82. The summed E-state index contributed by atoms with van der Waals surface area (Å²) in [5.41, 5.74) is -0.713. The van der Waals surface area contributed by atoms with Gasteiger partial charge < -0.3 is 0 Å². The molecule has 11 heavy (non-hydrogen) atoms. The van der Waals surface area contributed by atoms with Crippen molar-refractivity contribution in [3.05, 3.63) is 23.9 Å². The normalized spacial score (nSPS) is 12.9. The van der Waals surface area contributed by atoms with Gasteiger partial charge in [-0.25, -0.2) is 0 Å². The molecular weight excluding hydrogens is 155 g/mol. The lowest BCUT2D eigenvalue weighted by atomic mass is 10.3. The van der Waals surface area contributed by atoms with Crippen LogP contribution in [-0.2, 0) is 0 Å². The number of allylic oxidation sites excluding steroid dienone is 3. The number of alkyl halides is 3. The maximum atomic E-state index is 11.8. The zero-order chi connectivity index (χ0) is 9.07. The van der Waals surface area contributed by atoms with Crippen molar-refractivity contribution in [2.24, 2.45) is 4.99 Å². The number of nitrogens with zero attached hydrogens (tertiary/aromatic N) is 1. The van der Waals surface area contributed by atoms with E-state index in [2.05, 4.69) is 18.3 Å². The molecule has 0 fully saturated rings. The summed E-state index contributed by atoms with van der Waals surface area (Å²) in [6.45, 7) is 7.55. The molecule has 0 aliphatic carbocycles. The van der Waals surface area contributed by atoms with Crippen LogP contribution in [0.1, 0.15) is 6.92 Å². The SMILES string of the molecule is C=N/C(=C\C(=C)C)C(F)(F)F. The highest BCUT2D eigenvalue weighted by atomic mass is 19.4. The van der Waals surface area contributed by atoms with E-state index in [-0.39, 0.29) is 0 Å². The molecule has 0 bridgehead atoms. The minimum Gasteiger partial charge on any atom is -0.260 e. The standard InChI is InChI=1S/C7H8F3N/c1-5(2)4-6(11-3)7(8,9)10/h4H,1,3H2,2H3/b6-4-. The molecule has 0 saturated carbocycles. The van der Waals surface area contributed by atoms with Crippen molar-refractivity contribution in [1.82, 2.24) is 0 Å². The van der Waals surface area contributed by atoms with E-state index >= 15 is 0 Å². The molecule has 0 aromatic carbocycles. The van der Waals surface area contributed by atoms with Gasteiger partial charge in [-0.15, -0.1) is 0 Å². The van der Waals surface area contributed by atoms with Crippen molar-refractivity contribution in [2.75, 3.05) is 0 Å². The molecule has 0 unspecified atom stereocenters. The zero-order valence-electron chi connectivity index (χ0n) is 6.07. The molecule has 62 valence electrons. The van der Waals surface area contributed by atoms with Gasteiger partial charge in [0, 0.05) is 0 Å². The number of rotatable bonds is 2. The maximum absolute atomic E-state index is 11.8. The lowest BCUT2D eigenvalue weighted by molar-refractivity contribution is -0.0922. The van der Waals surface area contributed by atoms with Gasteiger partial charge in [0.05, 0.1) is 0 Å². The van der Waals surface area contributed by atoms with Gasteiger partial charge >= 0.3 is 6.18 Å². The first kappa shape index (κ1) is 9.94.